The van der Waals surface area contributed by atoms with Gasteiger partial charge in [-0.2, -0.15) is 5.10 Å². The van der Waals surface area contributed by atoms with Crippen LogP contribution in [0.25, 0.3) is 0 Å². The van der Waals surface area contributed by atoms with E-state index in [4.69, 9.17) is 4.74 Å². The van der Waals surface area contributed by atoms with Crippen LogP contribution >= 0.6 is 0 Å². The highest BCUT2D eigenvalue weighted by atomic mass is 16.5. The van der Waals surface area contributed by atoms with Crippen molar-refractivity contribution in [3.8, 4) is 0 Å². The summed E-state index contributed by atoms with van der Waals surface area (Å²) in [5.74, 6) is 0.117. The number of likely N-dealkylation sites (tertiary alicyclic amines) is 1. The molecule has 104 valence electrons. The number of carbonyl (C=O) groups is 1. The number of aryl methyl sites for hydroxylation is 2. The van der Waals surface area contributed by atoms with Crippen molar-refractivity contribution in [1.29, 1.82) is 0 Å². The number of ether oxygens (including phenoxy) is 1. The van der Waals surface area contributed by atoms with Gasteiger partial charge in [0, 0.05) is 25.3 Å². The molecular weight excluding hydrogens is 244 g/mol. The SMILES string of the molecule is Cc1cc(C)n(CC(=O)N2C[C@@H]3NCCO[C@H]3C2)n1. The van der Waals surface area contributed by atoms with E-state index in [9.17, 15) is 4.79 Å². The van der Waals surface area contributed by atoms with E-state index in [-0.39, 0.29) is 18.1 Å². The smallest absolute Gasteiger partial charge is 0.244 e. The van der Waals surface area contributed by atoms with Crippen LogP contribution in [0.4, 0.5) is 0 Å². The van der Waals surface area contributed by atoms with Crippen LogP contribution in [-0.2, 0) is 16.1 Å². The Morgan fingerprint density at radius 3 is 3.05 bits per heavy atom. The first-order valence-corrected chi connectivity index (χ1v) is 6.77. The maximum Gasteiger partial charge on any atom is 0.244 e. The Balaban J connectivity index is 1.63. The highest BCUT2D eigenvalue weighted by molar-refractivity contribution is 5.76. The summed E-state index contributed by atoms with van der Waals surface area (Å²) in [6, 6.07) is 2.28. The Morgan fingerprint density at radius 1 is 1.53 bits per heavy atom. The number of hydrogen-bond acceptors (Lipinski definition) is 4. The van der Waals surface area contributed by atoms with E-state index in [1.165, 1.54) is 0 Å². The second-order valence-electron chi connectivity index (χ2n) is 5.35. The van der Waals surface area contributed by atoms with E-state index in [0.29, 0.717) is 13.1 Å². The minimum Gasteiger partial charge on any atom is -0.373 e. The fourth-order valence-electron chi connectivity index (χ4n) is 2.86. The third-order valence-electron chi connectivity index (χ3n) is 3.85. The van der Waals surface area contributed by atoms with E-state index in [1.807, 2.05) is 24.8 Å². The molecule has 2 aliphatic rings. The second-order valence-corrected chi connectivity index (χ2v) is 5.35. The van der Waals surface area contributed by atoms with Gasteiger partial charge in [0.15, 0.2) is 0 Å². The van der Waals surface area contributed by atoms with Crippen molar-refractivity contribution in [2.75, 3.05) is 26.2 Å². The Kier molecular flexibility index (Phi) is 3.28. The first-order valence-electron chi connectivity index (χ1n) is 6.77. The number of carbonyl (C=O) groups excluding carboxylic acids is 1. The van der Waals surface area contributed by atoms with Crippen LogP contribution in [-0.4, -0.2) is 59.0 Å². The van der Waals surface area contributed by atoms with Crippen LogP contribution in [0.3, 0.4) is 0 Å². The van der Waals surface area contributed by atoms with E-state index < -0.39 is 0 Å². The lowest BCUT2D eigenvalue weighted by Crippen LogP contribution is -2.47. The molecule has 0 radical (unpaired) electrons. The molecule has 2 fully saturated rings. The molecule has 1 aromatic heterocycles. The predicted octanol–water partition coefficient (Wildman–Crippen LogP) is -0.301. The van der Waals surface area contributed by atoms with Crippen LogP contribution < -0.4 is 5.32 Å². The fraction of sp³-hybridized carbons (Fsp3) is 0.692. The number of nitrogens with one attached hydrogen (secondary N) is 1. The zero-order valence-corrected chi connectivity index (χ0v) is 11.4. The molecule has 2 atom stereocenters. The first-order chi connectivity index (χ1) is 9.13. The molecule has 3 heterocycles. The third-order valence-corrected chi connectivity index (χ3v) is 3.85. The summed E-state index contributed by atoms with van der Waals surface area (Å²) in [6.45, 7) is 7.27. The molecule has 3 rings (SSSR count). The Bertz CT molecular complexity index is 471. The summed E-state index contributed by atoms with van der Waals surface area (Å²) >= 11 is 0. The molecule has 0 aliphatic carbocycles. The van der Waals surface area contributed by atoms with E-state index in [1.54, 1.807) is 4.68 Å². The minimum atomic E-state index is 0.117. The molecule has 6 heteroatoms. The van der Waals surface area contributed by atoms with Crippen molar-refractivity contribution >= 4 is 5.91 Å². The van der Waals surface area contributed by atoms with Crippen LogP contribution in [0.2, 0.25) is 0 Å². The summed E-state index contributed by atoms with van der Waals surface area (Å²) in [4.78, 5) is 14.2. The number of morpholine rings is 1. The van der Waals surface area contributed by atoms with Crippen LogP contribution in [0.5, 0.6) is 0 Å². The molecular formula is C13H20N4O2. The number of nitrogens with zero attached hydrogens (tertiary/aromatic N) is 3. The summed E-state index contributed by atoms with van der Waals surface area (Å²) in [5, 5.41) is 7.74. The lowest BCUT2D eigenvalue weighted by Gasteiger charge is -2.25. The highest BCUT2D eigenvalue weighted by Crippen LogP contribution is 2.17. The largest absolute Gasteiger partial charge is 0.373 e. The molecule has 1 N–H and O–H groups in total. The second kappa shape index (κ2) is 4.94. The van der Waals surface area contributed by atoms with Gasteiger partial charge in [-0.3, -0.25) is 9.48 Å². The van der Waals surface area contributed by atoms with Gasteiger partial charge >= 0.3 is 0 Å². The number of rotatable bonds is 2. The van der Waals surface area contributed by atoms with E-state index in [2.05, 4.69) is 10.4 Å². The lowest BCUT2D eigenvalue weighted by atomic mass is 10.2. The monoisotopic (exact) mass is 264 g/mol. The average Bonchev–Trinajstić information content (AvgIpc) is 2.93. The van der Waals surface area contributed by atoms with Crippen LogP contribution in [0.15, 0.2) is 6.07 Å². The van der Waals surface area contributed by atoms with E-state index in [0.717, 1.165) is 31.1 Å². The maximum atomic E-state index is 12.3. The van der Waals surface area contributed by atoms with Crippen molar-refractivity contribution in [2.45, 2.75) is 32.5 Å². The normalized spacial score (nSPS) is 26.5. The Morgan fingerprint density at radius 2 is 2.37 bits per heavy atom. The molecule has 6 nitrogen and oxygen atoms in total. The van der Waals surface area contributed by atoms with Gasteiger partial charge < -0.3 is 15.0 Å². The Labute approximate surface area is 112 Å². The molecule has 0 spiro atoms. The summed E-state index contributed by atoms with van der Waals surface area (Å²) in [7, 11) is 0. The minimum absolute atomic E-state index is 0.117. The van der Waals surface area contributed by atoms with Crippen molar-refractivity contribution in [2.24, 2.45) is 0 Å². The Hall–Kier alpha value is -1.40. The summed E-state index contributed by atoms with van der Waals surface area (Å²) < 4.78 is 7.45. The molecule has 1 amide bonds. The number of hydrogen-bond donors (Lipinski definition) is 1. The maximum absolute atomic E-state index is 12.3. The number of fused-ring (bicyclic) bond motifs is 1. The van der Waals surface area contributed by atoms with Gasteiger partial charge in [0.05, 0.1) is 24.4 Å². The fourth-order valence-corrected chi connectivity index (χ4v) is 2.86. The van der Waals surface area contributed by atoms with Crippen LogP contribution in [0, 0.1) is 13.8 Å². The van der Waals surface area contributed by atoms with Gasteiger partial charge in [0.2, 0.25) is 5.91 Å². The van der Waals surface area contributed by atoms with Gasteiger partial charge in [-0.25, -0.2) is 0 Å². The number of amides is 1. The summed E-state index contributed by atoms with van der Waals surface area (Å²) in [5.41, 5.74) is 1.97. The lowest BCUT2D eigenvalue weighted by molar-refractivity contribution is -0.131. The molecule has 0 saturated carbocycles. The van der Waals surface area contributed by atoms with Crippen molar-refractivity contribution < 1.29 is 9.53 Å². The first kappa shape index (κ1) is 12.6. The quantitative estimate of drug-likeness (QED) is 0.797. The van der Waals surface area contributed by atoms with Gasteiger partial charge in [-0.15, -0.1) is 0 Å². The molecule has 0 bridgehead atoms. The highest BCUT2D eigenvalue weighted by Gasteiger charge is 2.37. The number of aromatic nitrogens is 2. The van der Waals surface area contributed by atoms with Gasteiger partial charge in [-0.05, 0) is 19.9 Å². The predicted molar refractivity (Wildman–Crippen MR) is 69.8 cm³/mol. The molecule has 1 aromatic rings. The third kappa shape index (κ3) is 2.50. The van der Waals surface area contributed by atoms with Crippen molar-refractivity contribution in [1.82, 2.24) is 20.0 Å². The van der Waals surface area contributed by atoms with Gasteiger partial charge in [0.1, 0.15) is 6.54 Å². The standard InChI is InChI=1S/C13H20N4O2/c1-9-5-10(2)17(15-9)8-13(18)16-6-11-12(7-16)19-4-3-14-11/h5,11-12,14H,3-4,6-8H2,1-2H3/t11-,12-/m0/s1. The van der Waals surface area contributed by atoms with E-state index >= 15 is 0 Å². The summed E-state index contributed by atoms with van der Waals surface area (Å²) in [6.07, 6.45) is 0.151. The molecule has 0 aromatic carbocycles. The zero-order chi connectivity index (χ0) is 13.4. The van der Waals surface area contributed by atoms with Crippen molar-refractivity contribution in [3.05, 3.63) is 17.5 Å². The molecule has 0 unspecified atom stereocenters. The topological polar surface area (TPSA) is 59.4 Å². The molecule has 19 heavy (non-hydrogen) atoms. The van der Waals surface area contributed by atoms with Gasteiger partial charge in [0.25, 0.3) is 0 Å². The van der Waals surface area contributed by atoms with Gasteiger partial charge in [-0.1, -0.05) is 0 Å². The van der Waals surface area contributed by atoms with Crippen LogP contribution in [0.1, 0.15) is 11.4 Å². The average molecular weight is 264 g/mol. The van der Waals surface area contributed by atoms with Crippen molar-refractivity contribution in [3.63, 3.8) is 0 Å². The zero-order valence-electron chi connectivity index (χ0n) is 11.4. The molecule has 2 aliphatic heterocycles. The molecule has 2 saturated heterocycles.